The van der Waals surface area contributed by atoms with E-state index in [1.807, 2.05) is 0 Å². The molecule has 0 spiro atoms. The first kappa shape index (κ1) is 12.4. The van der Waals surface area contributed by atoms with Gasteiger partial charge in [0.05, 0.1) is 5.69 Å². The zero-order chi connectivity index (χ0) is 13.6. The Balaban J connectivity index is 1.74. The Morgan fingerprint density at radius 1 is 1.21 bits per heavy atom. The van der Waals surface area contributed by atoms with E-state index in [2.05, 4.69) is 5.32 Å². The van der Waals surface area contributed by atoms with Crippen LogP contribution >= 0.6 is 0 Å². The summed E-state index contributed by atoms with van der Waals surface area (Å²) in [4.78, 5) is 12.1. The van der Waals surface area contributed by atoms with Crippen LogP contribution in [0.15, 0.2) is 12.1 Å². The summed E-state index contributed by atoms with van der Waals surface area (Å²) in [6.45, 7) is 0. The average molecular weight is 266 g/mol. The maximum atomic E-state index is 13.6. The molecule has 0 aliphatic heterocycles. The number of benzene rings is 1. The number of anilines is 2. The van der Waals surface area contributed by atoms with E-state index in [0.29, 0.717) is 11.8 Å². The van der Waals surface area contributed by atoms with Crippen molar-refractivity contribution in [3.8, 4) is 0 Å². The van der Waals surface area contributed by atoms with Gasteiger partial charge >= 0.3 is 0 Å². The molecule has 0 radical (unpaired) electrons. The van der Waals surface area contributed by atoms with Crippen molar-refractivity contribution < 1.29 is 13.6 Å². The van der Waals surface area contributed by atoms with Gasteiger partial charge in [-0.2, -0.15) is 0 Å². The molecule has 5 heteroatoms. The summed E-state index contributed by atoms with van der Waals surface area (Å²) in [5.74, 6) is -0.889. The second-order valence-corrected chi connectivity index (χ2v) is 5.48. The molecule has 102 valence electrons. The molecule has 0 heterocycles. The standard InChI is InChI=1S/C14H16F2N2O/c15-7-5-10(16)13(11(17)6-7)18-14(19)12-8-3-1-2-4-9(8)12/h5-6,8-9,12H,1-4,17H2,(H,18,19). The number of rotatable bonds is 2. The lowest BCUT2D eigenvalue weighted by Crippen LogP contribution is -2.17. The molecule has 1 aromatic rings. The van der Waals surface area contributed by atoms with E-state index in [1.54, 1.807) is 0 Å². The molecule has 3 rings (SSSR count). The highest BCUT2D eigenvalue weighted by Crippen LogP contribution is 2.55. The Kier molecular flexibility index (Phi) is 2.92. The fourth-order valence-electron chi connectivity index (χ4n) is 3.31. The van der Waals surface area contributed by atoms with Gasteiger partial charge in [-0.15, -0.1) is 0 Å². The molecular weight excluding hydrogens is 250 g/mol. The molecule has 2 saturated carbocycles. The number of halogens is 2. The van der Waals surface area contributed by atoms with E-state index in [0.717, 1.165) is 37.8 Å². The van der Waals surface area contributed by atoms with E-state index >= 15 is 0 Å². The van der Waals surface area contributed by atoms with Crippen molar-refractivity contribution in [1.29, 1.82) is 0 Å². The Morgan fingerprint density at radius 3 is 2.42 bits per heavy atom. The molecule has 2 unspecified atom stereocenters. The number of nitrogen functional groups attached to an aromatic ring is 1. The van der Waals surface area contributed by atoms with E-state index in [9.17, 15) is 13.6 Å². The number of amides is 1. The van der Waals surface area contributed by atoms with Gasteiger partial charge in [-0.3, -0.25) is 4.79 Å². The summed E-state index contributed by atoms with van der Waals surface area (Å²) in [6.07, 6.45) is 4.48. The molecule has 2 fully saturated rings. The molecule has 2 aliphatic rings. The lowest BCUT2D eigenvalue weighted by atomic mass is 10.0. The van der Waals surface area contributed by atoms with Crippen molar-refractivity contribution in [2.24, 2.45) is 17.8 Å². The molecule has 3 N–H and O–H groups in total. The molecule has 1 aromatic carbocycles. The van der Waals surface area contributed by atoms with Gasteiger partial charge in [-0.25, -0.2) is 8.78 Å². The van der Waals surface area contributed by atoms with Gasteiger partial charge in [0, 0.05) is 12.0 Å². The van der Waals surface area contributed by atoms with Crippen molar-refractivity contribution >= 4 is 17.3 Å². The van der Waals surface area contributed by atoms with Gasteiger partial charge in [-0.05, 0) is 30.7 Å². The maximum Gasteiger partial charge on any atom is 0.228 e. The predicted octanol–water partition coefficient (Wildman–Crippen LogP) is 2.92. The molecule has 19 heavy (non-hydrogen) atoms. The third-order valence-corrected chi connectivity index (χ3v) is 4.29. The summed E-state index contributed by atoms with van der Waals surface area (Å²) in [6, 6.07) is 1.74. The van der Waals surface area contributed by atoms with Crippen LogP contribution in [0.2, 0.25) is 0 Å². The molecule has 0 saturated heterocycles. The highest BCUT2D eigenvalue weighted by Gasteiger charge is 2.54. The number of nitrogens with two attached hydrogens (primary N) is 1. The maximum absolute atomic E-state index is 13.6. The van der Waals surface area contributed by atoms with Crippen LogP contribution in [0.3, 0.4) is 0 Å². The van der Waals surface area contributed by atoms with Crippen LogP contribution in [-0.4, -0.2) is 5.91 Å². The molecule has 2 aliphatic carbocycles. The molecule has 2 atom stereocenters. The zero-order valence-electron chi connectivity index (χ0n) is 10.5. The molecule has 3 nitrogen and oxygen atoms in total. The fourth-order valence-corrected chi connectivity index (χ4v) is 3.31. The van der Waals surface area contributed by atoms with Crippen LogP contribution in [0.1, 0.15) is 25.7 Å². The van der Waals surface area contributed by atoms with Gasteiger partial charge < -0.3 is 11.1 Å². The van der Waals surface area contributed by atoms with Crippen LogP contribution < -0.4 is 11.1 Å². The van der Waals surface area contributed by atoms with Crippen molar-refractivity contribution in [3.05, 3.63) is 23.8 Å². The fraction of sp³-hybridized carbons (Fsp3) is 0.500. The van der Waals surface area contributed by atoms with Crippen LogP contribution in [0.4, 0.5) is 20.2 Å². The highest BCUT2D eigenvalue weighted by molar-refractivity contribution is 5.97. The minimum atomic E-state index is -0.825. The van der Waals surface area contributed by atoms with Crippen molar-refractivity contribution in [2.45, 2.75) is 25.7 Å². The largest absolute Gasteiger partial charge is 0.397 e. The summed E-state index contributed by atoms with van der Waals surface area (Å²) >= 11 is 0. The molecule has 1 amide bonds. The normalized spacial score (nSPS) is 28.6. The first-order chi connectivity index (χ1) is 9.08. The Hall–Kier alpha value is -1.65. The average Bonchev–Trinajstić information content (AvgIpc) is 3.07. The van der Waals surface area contributed by atoms with Crippen LogP contribution in [0.25, 0.3) is 0 Å². The summed E-state index contributed by atoms with van der Waals surface area (Å²) in [5.41, 5.74) is 5.37. The lowest BCUT2D eigenvalue weighted by molar-refractivity contribution is -0.117. The van der Waals surface area contributed by atoms with Gasteiger partial charge in [0.1, 0.15) is 11.5 Å². The number of hydrogen-bond acceptors (Lipinski definition) is 2. The molecular formula is C14H16F2N2O. The van der Waals surface area contributed by atoms with Crippen LogP contribution in [0, 0.1) is 29.4 Å². The van der Waals surface area contributed by atoms with Gasteiger partial charge in [0.15, 0.2) is 5.82 Å². The zero-order valence-corrected chi connectivity index (χ0v) is 10.5. The minimum Gasteiger partial charge on any atom is -0.397 e. The Labute approximate surface area is 110 Å². The number of hydrogen-bond donors (Lipinski definition) is 2. The predicted molar refractivity (Wildman–Crippen MR) is 68.3 cm³/mol. The Morgan fingerprint density at radius 2 is 1.84 bits per heavy atom. The van der Waals surface area contributed by atoms with E-state index < -0.39 is 11.6 Å². The number of nitrogens with one attached hydrogen (secondary N) is 1. The first-order valence-corrected chi connectivity index (χ1v) is 6.63. The highest BCUT2D eigenvalue weighted by atomic mass is 19.1. The number of carbonyl (C=O) groups is 1. The van der Waals surface area contributed by atoms with Gasteiger partial charge in [-0.1, -0.05) is 12.8 Å². The summed E-state index contributed by atoms with van der Waals surface area (Å²) < 4.78 is 26.5. The van der Waals surface area contributed by atoms with Gasteiger partial charge in [0.25, 0.3) is 0 Å². The molecule has 0 aromatic heterocycles. The minimum absolute atomic E-state index is 0.0219. The van der Waals surface area contributed by atoms with Crippen LogP contribution in [0.5, 0.6) is 0 Å². The quantitative estimate of drug-likeness (QED) is 0.809. The number of carbonyl (C=O) groups excluding carboxylic acids is 1. The smallest absolute Gasteiger partial charge is 0.228 e. The second kappa shape index (κ2) is 4.47. The SMILES string of the molecule is Nc1cc(F)cc(F)c1NC(=O)C1C2CCCCC21. The van der Waals surface area contributed by atoms with Crippen molar-refractivity contribution in [2.75, 3.05) is 11.1 Å². The van der Waals surface area contributed by atoms with E-state index in [-0.39, 0.29) is 23.2 Å². The summed E-state index contributed by atoms with van der Waals surface area (Å²) in [5, 5.41) is 2.52. The monoisotopic (exact) mass is 266 g/mol. The number of fused-ring (bicyclic) bond motifs is 1. The van der Waals surface area contributed by atoms with Gasteiger partial charge in [0.2, 0.25) is 5.91 Å². The second-order valence-electron chi connectivity index (χ2n) is 5.48. The first-order valence-electron chi connectivity index (χ1n) is 6.63. The molecule has 0 bridgehead atoms. The van der Waals surface area contributed by atoms with Crippen molar-refractivity contribution in [1.82, 2.24) is 0 Å². The Bertz CT molecular complexity index is 497. The topological polar surface area (TPSA) is 55.1 Å². The van der Waals surface area contributed by atoms with E-state index in [4.69, 9.17) is 5.73 Å². The third-order valence-electron chi connectivity index (χ3n) is 4.29. The lowest BCUT2D eigenvalue weighted by Gasteiger charge is -2.09. The van der Waals surface area contributed by atoms with Crippen LogP contribution in [-0.2, 0) is 4.79 Å². The van der Waals surface area contributed by atoms with E-state index in [1.165, 1.54) is 0 Å². The third kappa shape index (κ3) is 2.17. The summed E-state index contributed by atoms with van der Waals surface area (Å²) in [7, 11) is 0. The van der Waals surface area contributed by atoms with Crippen molar-refractivity contribution in [3.63, 3.8) is 0 Å².